The van der Waals surface area contributed by atoms with Gasteiger partial charge in [0.05, 0.1) is 11.0 Å². The summed E-state index contributed by atoms with van der Waals surface area (Å²) in [6.45, 7) is 0. The molecule has 12 aromatic carbocycles. The van der Waals surface area contributed by atoms with Crippen LogP contribution in [0.25, 0.3) is 149 Å². The van der Waals surface area contributed by atoms with Crippen molar-refractivity contribution in [1.82, 2.24) is 19.5 Å². The Kier molecular flexibility index (Phi) is 8.29. The molecule has 0 atom stereocenters. The summed E-state index contributed by atoms with van der Waals surface area (Å²) in [4.78, 5) is 16.5. The van der Waals surface area contributed by atoms with Crippen LogP contribution in [0.5, 0.6) is 0 Å². The predicted octanol–water partition coefficient (Wildman–Crippen LogP) is 17.3. The predicted molar refractivity (Wildman–Crippen MR) is 291 cm³/mol. The van der Waals surface area contributed by atoms with Gasteiger partial charge in [0.15, 0.2) is 17.5 Å². The van der Waals surface area contributed by atoms with Crippen molar-refractivity contribution in [3.8, 4) is 51.0 Å². The fourth-order valence-electron chi connectivity index (χ4n) is 11.1. The Morgan fingerprint density at radius 2 is 0.814 bits per heavy atom. The highest BCUT2D eigenvalue weighted by molar-refractivity contribution is 6.15. The van der Waals surface area contributed by atoms with E-state index in [9.17, 15) is 0 Å². The first-order valence-electron chi connectivity index (χ1n) is 23.7. The zero-order valence-electron chi connectivity index (χ0n) is 37.6. The molecule has 5 heteroatoms. The molecular formula is C65H38N4O. The Labute approximate surface area is 401 Å². The first kappa shape index (κ1) is 38.6. The maximum absolute atomic E-state index is 6.39. The van der Waals surface area contributed by atoms with E-state index in [4.69, 9.17) is 19.4 Å². The molecule has 0 radical (unpaired) electrons. The van der Waals surface area contributed by atoms with Crippen LogP contribution in [0.3, 0.4) is 0 Å². The zero-order valence-corrected chi connectivity index (χ0v) is 37.6. The standard InChI is InChI=1S/C65H38N4O/c1-2-16-42-37-60-57(35-41(42)15-1)51-19-7-9-25-59(51)69(60)44-30-33-55(56(38-44)43-29-34-62-58(36-43)52-20-8-10-26-61(52)70-62)65-67-63(53-23-11-21-47-45-17-5-3-13-39(45)27-31-49(47)53)66-64(68-65)54-24-12-22-48-46-18-6-4-14-40(46)28-32-50(48)54/h1-38H. The van der Waals surface area contributed by atoms with Gasteiger partial charge < -0.3 is 8.98 Å². The fourth-order valence-corrected chi connectivity index (χ4v) is 11.1. The summed E-state index contributed by atoms with van der Waals surface area (Å²) >= 11 is 0. The van der Waals surface area contributed by atoms with E-state index in [-0.39, 0.29) is 0 Å². The van der Waals surface area contributed by atoms with Crippen molar-refractivity contribution in [2.24, 2.45) is 0 Å². The summed E-state index contributed by atoms with van der Waals surface area (Å²) in [6.07, 6.45) is 0. The summed E-state index contributed by atoms with van der Waals surface area (Å²) in [7, 11) is 0. The van der Waals surface area contributed by atoms with Crippen molar-refractivity contribution in [3.63, 3.8) is 0 Å². The molecule has 0 amide bonds. The molecule has 5 nitrogen and oxygen atoms in total. The molecule has 324 valence electrons. The highest BCUT2D eigenvalue weighted by atomic mass is 16.3. The van der Waals surface area contributed by atoms with Gasteiger partial charge in [0.1, 0.15) is 11.2 Å². The second-order valence-electron chi connectivity index (χ2n) is 18.3. The van der Waals surface area contributed by atoms with E-state index in [1.54, 1.807) is 0 Å². The van der Waals surface area contributed by atoms with E-state index in [0.717, 1.165) is 88.0 Å². The Bertz CT molecular complexity index is 4540. The maximum Gasteiger partial charge on any atom is 0.164 e. The lowest BCUT2D eigenvalue weighted by molar-refractivity contribution is 0.669. The SMILES string of the molecule is c1ccc2cc3c(cc2c1)c1ccccc1n3-c1ccc(-c2nc(-c3cccc4c3ccc3ccccc34)nc(-c3cccc4c3ccc3ccccc34)n2)c(-c2ccc3oc4ccccc4c3c2)c1. The molecule has 0 bridgehead atoms. The van der Waals surface area contributed by atoms with E-state index >= 15 is 0 Å². The highest BCUT2D eigenvalue weighted by Gasteiger charge is 2.22. The first-order chi connectivity index (χ1) is 34.7. The number of fused-ring (bicyclic) bond motifs is 13. The number of rotatable bonds is 5. The topological polar surface area (TPSA) is 56.7 Å². The minimum absolute atomic E-state index is 0.586. The Morgan fingerprint density at radius 3 is 1.50 bits per heavy atom. The first-order valence-corrected chi connectivity index (χ1v) is 23.7. The van der Waals surface area contributed by atoms with Crippen LogP contribution >= 0.6 is 0 Å². The lowest BCUT2D eigenvalue weighted by atomic mass is 9.95. The third-order valence-electron chi connectivity index (χ3n) is 14.4. The van der Waals surface area contributed by atoms with Crippen LogP contribution in [0.1, 0.15) is 0 Å². The summed E-state index contributed by atoms with van der Waals surface area (Å²) in [6, 6.07) is 82.4. The van der Waals surface area contributed by atoms with E-state index < -0.39 is 0 Å². The third-order valence-corrected chi connectivity index (χ3v) is 14.4. The molecular weight excluding hydrogens is 853 g/mol. The highest BCUT2D eigenvalue weighted by Crippen LogP contribution is 2.42. The monoisotopic (exact) mass is 890 g/mol. The van der Waals surface area contributed by atoms with Gasteiger partial charge in [0.25, 0.3) is 0 Å². The average molecular weight is 891 g/mol. The average Bonchev–Trinajstić information content (AvgIpc) is 3.96. The second-order valence-corrected chi connectivity index (χ2v) is 18.3. The van der Waals surface area contributed by atoms with Gasteiger partial charge in [-0.05, 0) is 120 Å². The van der Waals surface area contributed by atoms with Gasteiger partial charge in [-0.15, -0.1) is 0 Å². The Morgan fingerprint density at radius 1 is 0.271 bits per heavy atom. The number of para-hydroxylation sites is 2. The van der Waals surface area contributed by atoms with Gasteiger partial charge in [0.2, 0.25) is 0 Å². The van der Waals surface area contributed by atoms with E-state index in [1.807, 2.05) is 12.1 Å². The van der Waals surface area contributed by atoms with Crippen molar-refractivity contribution in [2.45, 2.75) is 0 Å². The molecule has 0 N–H and O–H groups in total. The molecule has 0 spiro atoms. The lowest BCUT2D eigenvalue weighted by Gasteiger charge is -2.16. The van der Waals surface area contributed by atoms with Crippen molar-refractivity contribution in [2.75, 3.05) is 0 Å². The summed E-state index contributed by atoms with van der Waals surface area (Å²) in [5, 5.41) is 16.2. The quantitative estimate of drug-likeness (QED) is 0.162. The number of aromatic nitrogens is 4. The van der Waals surface area contributed by atoms with Crippen LogP contribution < -0.4 is 0 Å². The minimum atomic E-state index is 0.586. The molecule has 0 aliphatic carbocycles. The minimum Gasteiger partial charge on any atom is -0.456 e. The molecule has 0 aliphatic heterocycles. The molecule has 15 aromatic rings. The van der Waals surface area contributed by atoms with Crippen molar-refractivity contribution in [3.05, 3.63) is 231 Å². The molecule has 0 saturated carbocycles. The molecule has 15 rings (SSSR count). The van der Waals surface area contributed by atoms with Crippen LogP contribution in [0.4, 0.5) is 0 Å². The summed E-state index contributed by atoms with van der Waals surface area (Å²) < 4.78 is 8.79. The third kappa shape index (κ3) is 5.88. The van der Waals surface area contributed by atoms with Crippen molar-refractivity contribution >= 4 is 97.6 Å². The molecule has 0 aliphatic rings. The Hall–Kier alpha value is -9.45. The van der Waals surface area contributed by atoms with Crippen LogP contribution in [-0.4, -0.2) is 19.5 Å². The van der Waals surface area contributed by atoms with Gasteiger partial charge in [-0.25, -0.2) is 15.0 Å². The number of furan rings is 1. The van der Waals surface area contributed by atoms with E-state index in [1.165, 1.54) is 43.1 Å². The van der Waals surface area contributed by atoms with Gasteiger partial charge >= 0.3 is 0 Å². The van der Waals surface area contributed by atoms with Crippen molar-refractivity contribution in [1.29, 1.82) is 0 Å². The maximum atomic E-state index is 6.39. The van der Waals surface area contributed by atoms with Gasteiger partial charge in [-0.3, -0.25) is 0 Å². The molecule has 70 heavy (non-hydrogen) atoms. The van der Waals surface area contributed by atoms with Crippen LogP contribution in [0.15, 0.2) is 235 Å². The van der Waals surface area contributed by atoms with Crippen molar-refractivity contribution < 1.29 is 4.42 Å². The largest absolute Gasteiger partial charge is 0.456 e. The number of nitrogens with zero attached hydrogens (tertiary/aromatic N) is 4. The van der Waals surface area contributed by atoms with E-state index in [2.05, 4.69) is 223 Å². The summed E-state index contributed by atoms with van der Waals surface area (Å²) in [5.41, 5.74) is 9.82. The van der Waals surface area contributed by atoms with Gasteiger partial charge in [-0.2, -0.15) is 0 Å². The van der Waals surface area contributed by atoms with Crippen LogP contribution in [0.2, 0.25) is 0 Å². The molecule has 0 fully saturated rings. The Balaban J connectivity index is 1.03. The normalized spacial score (nSPS) is 12.0. The van der Waals surface area contributed by atoms with E-state index in [0.29, 0.717) is 17.5 Å². The number of hydrogen-bond acceptors (Lipinski definition) is 4. The second kappa shape index (κ2) is 15.0. The van der Waals surface area contributed by atoms with Gasteiger partial charge in [0, 0.05) is 43.9 Å². The summed E-state index contributed by atoms with van der Waals surface area (Å²) in [5.74, 6) is 1.81. The molecule has 0 unspecified atom stereocenters. The molecule has 3 heterocycles. The fraction of sp³-hybridized carbons (Fsp3) is 0. The van der Waals surface area contributed by atoms with Crippen LogP contribution in [0, 0.1) is 0 Å². The smallest absolute Gasteiger partial charge is 0.164 e. The zero-order chi connectivity index (χ0) is 45.9. The lowest BCUT2D eigenvalue weighted by Crippen LogP contribution is -2.03. The van der Waals surface area contributed by atoms with Gasteiger partial charge in [-0.1, -0.05) is 176 Å². The number of benzene rings is 12. The molecule has 3 aromatic heterocycles. The molecule has 0 saturated heterocycles. The van der Waals surface area contributed by atoms with Crippen LogP contribution in [-0.2, 0) is 0 Å². The number of hydrogen-bond donors (Lipinski definition) is 0.